The summed E-state index contributed by atoms with van der Waals surface area (Å²) in [5, 5.41) is 5.01. The van der Waals surface area contributed by atoms with Gasteiger partial charge in [-0.05, 0) is 85.8 Å². The number of hydrogen-bond donors (Lipinski definition) is 0. The third-order valence-electron chi connectivity index (χ3n) is 8.65. The molecular formula is C44H31N. The van der Waals surface area contributed by atoms with Gasteiger partial charge in [-0.2, -0.15) is 0 Å². The molecular weight excluding hydrogens is 542 g/mol. The van der Waals surface area contributed by atoms with E-state index in [2.05, 4.69) is 193 Å². The van der Waals surface area contributed by atoms with Crippen molar-refractivity contribution in [2.24, 2.45) is 0 Å². The predicted molar refractivity (Wildman–Crippen MR) is 192 cm³/mol. The highest BCUT2D eigenvalue weighted by Gasteiger charge is 2.19. The zero-order chi connectivity index (χ0) is 30.0. The quantitative estimate of drug-likeness (QED) is 0.191. The lowest BCUT2D eigenvalue weighted by Crippen LogP contribution is -2.11. The largest absolute Gasteiger partial charge is 0.310 e. The van der Waals surface area contributed by atoms with Crippen molar-refractivity contribution in [2.75, 3.05) is 4.90 Å². The number of para-hydroxylation sites is 1. The predicted octanol–water partition coefficient (Wildman–Crippen LogP) is 12.5. The van der Waals surface area contributed by atoms with Crippen LogP contribution in [0.15, 0.2) is 188 Å². The van der Waals surface area contributed by atoms with Gasteiger partial charge in [0.15, 0.2) is 0 Å². The molecule has 0 atom stereocenters. The van der Waals surface area contributed by atoms with Crippen LogP contribution >= 0.6 is 0 Å². The molecule has 0 N–H and O–H groups in total. The minimum atomic E-state index is 1.11. The summed E-state index contributed by atoms with van der Waals surface area (Å²) in [4.78, 5) is 2.39. The van der Waals surface area contributed by atoms with Gasteiger partial charge >= 0.3 is 0 Å². The van der Waals surface area contributed by atoms with Gasteiger partial charge < -0.3 is 4.90 Å². The van der Waals surface area contributed by atoms with Gasteiger partial charge in [-0.1, -0.05) is 152 Å². The zero-order valence-electron chi connectivity index (χ0n) is 24.8. The maximum atomic E-state index is 2.39. The molecule has 0 amide bonds. The molecule has 0 spiro atoms. The molecule has 0 bridgehead atoms. The fraction of sp³-hybridized carbons (Fsp3) is 0. The molecule has 8 rings (SSSR count). The van der Waals surface area contributed by atoms with Crippen LogP contribution in [0.5, 0.6) is 0 Å². The van der Waals surface area contributed by atoms with E-state index >= 15 is 0 Å². The lowest BCUT2D eigenvalue weighted by Gasteiger charge is -2.29. The second-order valence-electron chi connectivity index (χ2n) is 11.4. The highest BCUT2D eigenvalue weighted by atomic mass is 15.1. The van der Waals surface area contributed by atoms with Crippen LogP contribution in [0.1, 0.15) is 0 Å². The smallest absolute Gasteiger partial charge is 0.0546 e. The van der Waals surface area contributed by atoms with Crippen molar-refractivity contribution >= 4 is 38.6 Å². The summed E-state index contributed by atoms with van der Waals surface area (Å²) in [6, 6.07) is 67.7. The summed E-state index contributed by atoms with van der Waals surface area (Å²) >= 11 is 0. The van der Waals surface area contributed by atoms with Gasteiger partial charge in [0.2, 0.25) is 0 Å². The normalized spacial score (nSPS) is 11.1. The van der Waals surface area contributed by atoms with E-state index < -0.39 is 0 Å². The van der Waals surface area contributed by atoms with Gasteiger partial charge in [0.25, 0.3) is 0 Å². The topological polar surface area (TPSA) is 3.24 Å². The van der Waals surface area contributed by atoms with Gasteiger partial charge in [-0.15, -0.1) is 0 Å². The SMILES string of the molecule is c1ccc(-c2ccc(-c3cccc4ccccc34)cc2N(c2ccccc2)c2ccc(-c3ccc4ccccc4c3)cc2)cc1. The average Bonchev–Trinajstić information content (AvgIpc) is 3.12. The van der Waals surface area contributed by atoms with Crippen LogP contribution in [0.2, 0.25) is 0 Å². The van der Waals surface area contributed by atoms with E-state index in [1.54, 1.807) is 0 Å². The standard InChI is InChI=1S/C44H31N/c1-3-13-35(14-4-1)43-29-26-38(42-21-11-17-34-15-9-10-20-41(34)42)31-44(43)45(39-18-5-2-6-19-39)40-27-24-33(25-28-40)37-23-22-32-12-7-8-16-36(32)30-37/h1-31H. The number of anilines is 3. The molecule has 0 radical (unpaired) electrons. The van der Waals surface area contributed by atoms with Crippen LogP contribution in [0.4, 0.5) is 17.1 Å². The van der Waals surface area contributed by atoms with Crippen molar-refractivity contribution in [1.29, 1.82) is 0 Å². The van der Waals surface area contributed by atoms with Crippen LogP contribution in [-0.2, 0) is 0 Å². The van der Waals surface area contributed by atoms with Crippen molar-refractivity contribution in [1.82, 2.24) is 0 Å². The first kappa shape index (κ1) is 26.7. The van der Waals surface area contributed by atoms with Gasteiger partial charge in [0.1, 0.15) is 0 Å². The second kappa shape index (κ2) is 11.6. The fourth-order valence-electron chi connectivity index (χ4n) is 6.40. The third-order valence-corrected chi connectivity index (χ3v) is 8.65. The van der Waals surface area contributed by atoms with Gasteiger partial charge in [0.05, 0.1) is 5.69 Å². The molecule has 0 heterocycles. The molecule has 1 heteroatoms. The summed E-state index contributed by atoms with van der Waals surface area (Å²) in [5.74, 6) is 0. The Hall–Kier alpha value is -5.92. The van der Waals surface area contributed by atoms with Crippen molar-refractivity contribution < 1.29 is 0 Å². The summed E-state index contributed by atoms with van der Waals surface area (Å²) in [6.07, 6.45) is 0. The lowest BCUT2D eigenvalue weighted by atomic mass is 9.94. The second-order valence-corrected chi connectivity index (χ2v) is 11.4. The molecule has 8 aromatic carbocycles. The number of benzene rings is 8. The van der Waals surface area contributed by atoms with E-state index in [9.17, 15) is 0 Å². The van der Waals surface area contributed by atoms with Crippen LogP contribution in [0.25, 0.3) is 54.9 Å². The van der Waals surface area contributed by atoms with Crippen molar-refractivity contribution in [3.05, 3.63) is 188 Å². The minimum Gasteiger partial charge on any atom is -0.310 e. The van der Waals surface area contributed by atoms with Gasteiger partial charge in [-0.25, -0.2) is 0 Å². The first-order valence-electron chi connectivity index (χ1n) is 15.4. The Morgan fingerprint density at radius 3 is 1.69 bits per heavy atom. The molecule has 1 nitrogen and oxygen atoms in total. The third kappa shape index (κ3) is 5.15. The molecule has 212 valence electrons. The minimum absolute atomic E-state index is 1.11. The Balaban J connectivity index is 1.31. The van der Waals surface area contributed by atoms with E-state index in [0.717, 1.165) is 17.1 Å². The monoisotopic (exact) mass is 573 g/mol. The highest BCUT2D eigenvalue weighted by Crippen LogP contribution is 2.44. The Morgan fingerprint density at radius 1 is 0.289 bits per heavy atom. The molecule has 45 heavy (non-hydrogen) atoms. The Kier molecular flexibility index (Phi) is 6.90. The number of nitrogens with zero attached hydrogens (tertiary/aromatic N) is 1. The first-order valence-corrected chi connectivity index (χ1v) is 15.4. The molecule has 0 aliphatic carbocycles. The van der Waals surface area contributed by atoms with E-state index in [1.165, 1.54) is 54.9 Å². The van der Waals surface area contributed by atoms with Crippen molar-refractivity contribution in [2.45, 2.75) is 0 Å². The molecule has 0 saturated heterocycles. The van der Waals surface area contributed by atoms with E-state index in [1.807, 2.05) is 0 Å². The summed E-state index contributed by atoms with van der Waals surface area (Å²) in [5.41, 5.74) is 10.6. The number of fused-ring (bicyclic) bond motifs is 2. The molecule has 8 aromatic rings. The summed E-state index contributed by atoms with van der Waals surface area (Å²) in [6.45, 7) is 0. The van der Waals surface area contributed by atoms with Gasteiger partial charge in [0, 0.05) is 16.9 Å². The highest BCUT2D eigenvalue weighted by molar-refractivity contribution is 5.99. The lowest BCUT2D eigenvalue weighted by molar-refractivity contribution is 1.28. The zero-order valence-corrected chi connectivity index (χ0v) is 24.8. The summed E-state index contributed by atoms with van der Waals surface area (Å²) < 4.78 is 0. The Bertz CT molecular complexity index is 2250. The average molecular weight is 574 g/mol. The Labute approximate surface area is 264 Å². The molecule has 0 unspecified atom stereocenters. The van der Waals surface area contributed by atoms with Crippen molar-refractivity contribution in [3.8, 4) is 33.4 Å². The Morgan fingerprint density at radius 2 is 0.889 bits per heavy atom. The van der Waals surface area contributed by atoms with Crippen LogP contribution in [0.3, 0.4) is 0 Å². The molecule has 0 aliphatic rings. The maximum absolute atomic E-state index is 2.39. The van der Waals surface area contributed by atoms with Crippen LogP contribution < -0.4 is 4.90 Å². The molecule has 0 aromatic heterocycles. The van der Waals surface area contributed by atoms with Crippen LogP contribution in [0, 0.1) is 0 Å². The fourth-order valence-corrected chi connectivity index (χ4v) is 6.40. The van der Waals surface area contributed by atoms with E-state index in [4.69, 9.17) is 0 Å². The van der Waals surface area contributed by atoms with Crippen LogP contribution in [-0.4, -0.2) is 0 Å². The molecule has 0 saturated carbocycles. The van der Waals surface area contributed by atoms with Crippen molar-refractivity contribution in [3.63, 3.8) is 0 Å². The van der Waals surface area contributed by atoms with E-state index in [0.29, 0.717) is 0 Å². The summed E-state index contributed by atoms with van der Waals surface area (Å²) in [7, 11) is 0. The van der Waals surface area contributed by atoms with E-state index in [-0.39, 0.29) is 0 Å². The number of hydrogen-bond acceptors (Lipinski definition) is 1. The maximum Gasteiger partial charge on any atom is 0.0546 e. The number of rotatable bonds is 6. The molecule has 0 fully saturated rings. The molecule has 0 aliphatic heterocycles. The first-order chi connectivity index (χ1) is 22.3. The van der Waals surface area contributed by atoms with Gasteiger partial charge in [-0.3, -0.25) is 0 Å².